The Hall–Kier alpha value is -0.180. The second-order valence-electron chi connectivity index (χ2n) is 2.50. The van der Waals surface area contributed by atoms with Crippen LogP contribution in [0.15, 0.2) is 0 Å². The highest BCUT2D eigenvalue weighted by Gasteiger charge is 2.42. The molecule has 0 saturated heterocycles. The predicted molar refractivity (Wildman–Crippen MR) is 31.5 cm³/mol. The molecule has 1 nitrogen and oxygen atoms in total. The van der Waals surface area contributed by atoms with Crippen LogP contribution in [0.3, 0.4) is 0 Å². The maximum absolute atomic E-state index is 12.7. The average Bonchev–Trinajstić information content (AvgIpc) is 1.64. The van der Waals surface area contributed by atoms with Crippen LogP contribution in [0.1, 0.15) is 27.2 Å². The fraction of sp³-hybridized carbons (Fsp3) is 1.00. The lowest BCUT2D eigenvalue weighted by Crippen LogP contribution is -2.41. The average molecular weight is 138 g/mol. The molecular weight excluding hydrogens is 126 g/mol. The van der Waals surface area contributed by atoms with Gasteiger partial charge in [-0.1, -0.05) is 6.92 Å². The van der Waals surface area contributed by atoms with Gasteiger partial charge >= 0.3 is 0 Å². The summed E-state index contributed by atoms with van der Waals surface area (Å²) >= 11 is 0. The van der Waals surface area contributed by atoms with Crippen LogP contribution in [0.25, 0.3) is 0 Å². The van der Waals surface area contributed by atoms with E-state index in [0.29, 0.717) is 0 Å². The van der Waals surface area contributed by atoms with Gasteiger partial charge in [0.1, 0.15) is 0 Å². The highest BCUT2D eigenvalue weighted by atomic mass is 19.2. The van der Waals surface area contributed by atoms with Gasteiger partial charge in [0.25, 0.3) is 0 Å². The van der Waals surface area contributed by atoms with Gasteiger partial charge in [0.05, 0.1) is 0 Å². The summed E-state index contributed by atoms with van der Waals surface area (Å²) in [4.78, 5) is 0. The molecule has 0 amide bonds. The standard InChI is InChI=1S/C6H12F2O/c1-4-5(2,7)6(3,8)9/h9H,4H2,1-3H3/t5-,6?/m1/s1. The first-order valence-corrected chi connectivity index (χ1v) is 2.91. The molecule has 0 radical (unpaired) electrons. The molecular formula is C6H12F2O. The van der Waals surface area contributed by atoms with E-state index < -0.39 is 11.5 Å². The Morgan fingerprint density at radius 1 is 1.33 bits per heavy atom. The summed E-state index contributed by atoms with van der Waals surface area (Å²) in [6.45, 7) is 3.33. The van der Waals surface area contributed by atoms with E-state index in [1.165, 1.54) is 6.92 Å². The molecule has 1 unspecified atom stereocenters. The molecule has 0 fully saturated rings. The van der Waals surface area contributed by atoms with E-state index in [0.717, 1.165) is 13.8 Å². The van der Waals surface area contributed by atoms with Crippen LogP contribution in [-0.4, -0.2) is 16.6 Å². The first kappa shape index (κ1) is 8.82. The van der Waals surface area contributed by atoms with Gasteiger partial charge in [0, 0.05) is 0 Å². The molecule has 1 N–H and O–H groups in total. The van der Waals surface area contributed by atoms with Gasteiger partial charge in [-0.2, -0.15) is 0 Å². The van der Waals surface area contributed by atoms with Gasteiger partial charge in [-0.05, 0) is 20.3 Å². The quantitative estimate of drug-likeness (QED) is 0.616. The monoisotopic (exact) mass is 138 g/mol. The van der Waals surface area contributed by atoms with E-state index in [1.807, 2.05) is 0 Å². The maximum Gasteiger partial charge on any atom is 0.237 e. The molecule has 0 aromatic rings. The minimum atomic E-state index is -2.72. The molecule has 0 aliphatic rings. The smallest absolute Gasteiger partial charge is 0.237 e. The summed E-state index contributed by atoms with van der Waals surface area (Å²) in [6, 6.07) is 0. The Morgan fingerprint density at radius 2 is 1.67 bits per heavy atom. The summed E-state index contributed by atoms with van der Waals surface area (Å²) in [5.74, 6) is -2.72. The molecule has 0 rings (SSSR count). The van der Waals surface area contributed by atoms with Crippen LogP contribution in [-0.2, 0) is 0 Å². The van der Waals surface area contributed by atoms with E-state index in [9.17, 15) is 8.78 Å². The van der Waals surface area contributed by atoms with Crippen molar-refractivity contribution in [1.82, 2.24) is 0 Å². The lowest BCUT2D eigenvalue weighted by atomic mass is 9.98. The van der Waals surface area contributed by atoms with Crippen LogP contribution in [0.4, 0.5) is 8.78 Å². The second-order valence-corrected chi connectivity index (χ2v) is 2.50. The second kappa shape index (κ2) is 2.21. The Kier molecular flexibility index (Phi) is 2.17. The first-order chi connectivity index (χ1) is 3.81. The zero-order chi connectivity index (χ0) is 7.71. The van der Waals surface area contributed by atoms with E-state index in [4.69, 9.17) is 5.11 Å². The topological polar surface area (TPSA) is 20.2 Å². The third-order valence-electron chi connectivity index (χ3n) is 1.62. The number of hydrogen-bond donors (Lipinski definition) is 1. The third-order valence-corrected chi connectivity index (χ3v) is 1.62. The normalized spacial score (nSPS) is 24.7. The van der Waals surface area contributed by atoms with E-state index >= 15 is 0 Å². The highest BCUT2D eigenvalue weighted by Crippen LogP contribution is 2.30. The zero-order valence-corrected chi connectivity index (χ0v) is 5.91. The van der Waals surface area contributed by atoms with Crippen molar-refractivity contribution in [1.29, 1.82) is 0 Å². The van der Waals surface area contributed by atoms with Crippen molar-refractivity contribution in [2.75, 3.05) is 0 Å². The summed E-state index contributed by atoms with van der Waals surface area (Å²) in [7, 11) is 0. The lowest BCUT2D eigenvalue weighted by molar-refractivity contribution is -0.175. The van der Waals surface area contributed by atoms with Gasteiger partial charge in [-0.15, -0.1) is 0 Å². The summed E-state index contributed by atoms with van der Waals surface area (Å²) in [5, 5.41) is 8.50. The highest BCUT2D eigenvalue weighted by molar-refractivity contribution is 4.83. The fourth-order valence-corrected chi connectivity index (χ4v) is 0.323. The number of alkyl halides is 2. The molecule has 56 valence electrons. The third kappa shape index (κ3) is 1.90. The van der Waals surface area contributed by atoms with Gasteiger partial charge in [0.15, 0.2) is 5.67 Å². The van der Waals surface area contributed by atoms with Crippen LogP contribution in [0.5, 0.6) is 0 Å². The molecule has 0 spiro atoms. The predicted octanol–water partition coefficient (Wildman–Crippen LogP) is 1.80. The van der Waals surface area contributed by atoms with Crippen molar-refractivity contribution in [3.05, 3.63) is 0 Å². The van der Waals surface area contributed by atoms with Crippen molar-refractivity contribution in [2.24, 2.45) is 0 Å². The summed E-state index contributed by atoms with van der Waals surface area (Å²) in [6.07, 6.45) is -0.0312. The van der Waals surface area contributed by atoms with Crippen LogP contribution in [0, 0.1) is 0 Å². The molecule has 0 saturated carbocycles. The molecule has 2 atom stereocenters. The van der Waals surface area contributed by atoms with E-state index in [2.05, 4.69) is 0 Å². The minimum absolute atomic E-state index is 0.0312. The number of halogens is 2. The Morgan fingerprint density at radius 3 is 1.67 bits per heavy atom. The van der Waals surface area contributed by atoms with Gasteiger partial charge < -0.3 is 5.11 Å². The number of aliphatic hydroxyl groups is 1. The molecule has 0 aromatic heterocycles. The molecule has 0 aliphatic heterocycles. The SMILES string of the molecule is CC[C@@](C)(F)C(C)(O)F. The Bertz CT molecular complexity index is 93.7. The summed E-state index contributed by atoms with van der Waals surface area (Å²) in [5.41, 5.74) is -2.13. The van der Waals surface area contributed by atoms with Crippen molar-refractivity contribution >= 4 is 0 Å². The van der Waals surface area contributed by atoms with Gasteiger partial charge in [0.2, 0.25) is 5.85 Å². The zero-order valence-electron chi connectivity index (χ0n) is 5.91. The van der Waals surface area contributed by atoms with Crippen molar-refractivity contribution in [2.45, 2.75) is 38.7 Å². The molecule has 0 heterocycles. The van der Waals surface area contributed by atoms with Crippen LogP contribution in [0.2, 0.25) is 0 Å². The fourth-order valence-electron chi connectivity index (χ4n) is 0.323. The first-order valence-electron chi connectivity index (χ1n) is 2.91. The number of rotatable bonds is 2. The van der Waals surface area contributed by atoms with Crippen molar-refractivity contribution in [3.8, 4) is 0 Å². The minimum Gasteiger partial charge on any atom is -0.359 e. The molecule has 0 aromatic carbocycles. The molecule has 9 heavy (non-hydrogen) atoms. The van der Waals surface area contributed by atoms with E-state index in [1.54, 1.807) is 0 Å². The number of hydrogen-bond acceptors (Lipinski definition) is 1. The van der Waals surface area contributed by atoms with Crippen LogP contribution >= 0.6 is 0 Å². The van der Waals surface area contributed by atoms with Crippen molar-refractivity contribution in [3.63, 3.8) is 0 Å². The Labute approximate surface area is 53.7 Å². The lowest BCUT2D eigenvalue weighted by Gasteiger charge is -2.27. The molecule has 0 aliphatic carbocycles. The largest absolute Gasteiger partial charge is 0.359 e. The van der Waals surface area contributed by atoms with E-state index in [-0.39, 0.29) is 6.42 Å². The van der Waals surface area contributed by atoms with Gasteiger partial charge in [-0.3, -0.25) is 0 Å². The molecule has 3 heteroatoms. The van der Waals surface area contributed by atoms with Gasteiger partial charge in [-0.25, -0.2) is 8.78 Å². The maximum atomic E-state index is 12.7. The van der Waals surface area contributed by atoms with Crippen LogP contribution < -0.4 is 0 Å². The summed E-state index contributed by atoms with van der Waals surface area (Å²) < 4.78 is 25.0. The molecule has 0 bridgehead atoms. The Balaban J connectivity index is 4.14. The van der Waals surface area contributed by atoms with Crippen molar-refractivity contribution < 1.29 is 13.9 Å².